The van der Waals surface area contributed by atoms with Crippen molar-refractivity contribution >= 4 is 47.2 Å². The Labute approximate surface area is 184 Å². The average molecular weight is 511 g/mol. The summed E-state index contributed by atoms with van der Waals surface area (Å²) >= 11 is 1.37. The molecule has 1 aromatic rings. The molecule has 0 aliphatic carbocycles. The summed E-state index contributed by atoms with van der Waals surface area (Å²) in [6, 6.07) is 0.446. The number of guanidine groups is 1. The highest BCUT2D eigenvalue weighted by Crippen LogP contribution is 2.24. The number of ether oxygens (including phenoxy) is 1. The first-order valence-corrected chi connectivity index (χ1v) is 10.0. The van der Waals surface area contributed by atoms with Gasteiger partial charge in [0.25, 0.3) is 0 Å². The zero-order valence-electron chi connectivity index (χ0n) is 17.5. The number of aromatic nitrogens is 1. The van der Waals surface area contributed by atoms with Crippen LogP contribution in [0.1, 0.15) is 61.0 Å². The van der Waals surface area contributed by atoms with E-state index < -0.39 is 0 Å². The quantitative estimate of drug-likeness (QED) is 0.230. The molecule has 0 saturated heterocycles. The molecule has 0 bridgehead atoms. The van der Waals surface area contributed by atoms with Gasteiger partial charge in [-0.15, -0.1) is 35.3 Å². The predicted molar refractivity (Wildman–Crippen MR) is 124 cm³/mol. The highest BCUT2D eigenvalue weighted by Gasteiger charge is 2.20. The summed E-state index contributed by atoms with van der Waals surface area (Å²) in [6.45, 7) is 14.8. The van der Waals surface area contributed by atoms with E-state index >= 15 is 0 Å². The first kappa shape index (κ1) is 26.1. The lowest BCUT2D eigenvalue weighted by atomic mass is 10.3. The number of esters is 1. The third kappa shape index (κ3) is 8.73. The number of nitrogens with zero attached hydrogens (tertiary/aromatic N) is 3. The van der Waals surface area contributed by atoms with E-state index in [1.165, 1.54) is 11.3 Å². The highest BCUT2D eigenvalue weighted by atomic mass is 127. The fourth-order valence-corrected chi connectivity index (χ4v) is 3.12. The van der Waals surface area contributed by atoms with E-state index in [2.05, 4.69) is 46.4 Å². The number of hydrogen-bond acceptors (Lipinski definition) is 6. The summed E-state index contributed by atoms with van der Waals surface area (Å²) in [7, 11) is 2.10. The maximum absolute atomic E-state index is 12.0. The van der Waals surface area contributed by atoms with E-state index in [4.69, 9.17) is 4.74 Å². The van der Waals surface area contributed by atoms with Gasteiger partial charge in [-0.1, -0.05) is 0 Å². The fourth-order valence-electron chi connectivity index (χ4n) is 2.15. The molecule has 9 heteroatoms. The topological polar surface area (TPSA) is 78.9 Å². The Hall–Kier alpha value is -0.940. The van der Waals surface area contributed by atoms with Gasteiger partial charge < -0.3 is 20.3 Å². The lowest BCUT2D eigenvalue weighted by Crippen LogP contribution is -2.39. The zero-order valence-corrected chi connectivity index (χ0v) is 20.6. The standard InChI is InChI=1S/C18H33N5O2S.HI/c1-8-19-18(20-10-11-23(7)12(3)4)22-14(6)16-21-13(5)15(26-16)17(24)25-9-2;/h12,14H,8-11H2,1-7H3,(H2,19,20,22);1H. The first-order valence-electron chi connectivity index (χ1n) is 9.19. The second-order valence-electron chi connectivity index (χ2n) is 6.39. The monoisotopic (exact) mass is 511 g/mol. The average Bonchev–Trinajstić information content (AvgIpc) is 2.97. The van der Waals surface area contributed by atoms with E-state index in [1.807, 2.05) is 20.8 Å². The molecule has 1 rings (SSSR count). The van der Waals surface area contributed by atoms with Crippen molar-refractivity contribution in [2.75, 3.05) is 33.3 Å². The molecule has 0 radical (unpaired) electrons. The number of likely N-dealkylation sites (N-methyl/N-ethyl adjacent to an activating group) is 1. The van der Waals surface area contributed by atoms with Crippen molar-refractivity contribution < 1.29 is 9.53 Å². The summed E-state index contributed by atoms with van der Waals surface area (Å²) < 4.78 is 5.09. The second-order valence-corrected chi connectivity index (χ2v) is 7.42. The van der Waals surface area contributed by atoms with Crippen molar-refractivity contribution in [3.63, 3.8) is 0 Å². The van der Waals surface area contributed by atoms with Crippen LogP contribution in [0.5, 0.6) is 0 Å². The Morgan fingerprint density at radius 1 is 1.33 bits per heavy atom. The molecule has 0 aromatic carbocycles. The van der Waals surface area contributed by atoms with E-state index in [1.54, 1.807) is 6.92 Å². The molecule has 7 nitrogen and oxygen atoms in total. The minimum atomic E-state index is -0.307. The molecule has 1 heterocycles. The predicted octanol–water partition coefficient (Wildman–Crippen LogP) is 3.20. The fraction of sp³-hybridized carbons (Fsp3) is 0.722. The Balaban J connectivity index is 0.00000676. The van der Waals surface area contributed by atoms with Crippen LogP contribution < -0.4 is 10.6 Å². The molecule has 0 aliphatic rings. The van der Waals surface area contributed by atoms with Gasteiger partial charge >= 0.3 is 5.97 Å². The second kappa shape index (κ2) is 13.3. The number of rotatable bonds is 9. The molecular formula is C18H34IN5O2S. The molecule has 0 spiro atoms. The van der Waals surface area contributed by atoms with Crippen LogP contribution >= 0.6 is 35.3 Å². The third-order valence-corrected chi connectivity index (χ3v) is 5.27. The van der Waals surface area contributed by atoms with E-state index in [0.717, 1.165) is 24.1 Å². The van der Waals surface area contributed by atoms with Crippen molar-refractivity contribution in [2.45, 2.75) is 53.6 Å². The largest absolute Gasteiger partial charge is 0.462 e. The van der Waals surface area contributed by atoms with E-state index in [-0.39, 0.29) is 36.0 Å². The van der Waals surface area contributed by atoms with Crippen molar-refractivity contribution in [1.29, 1.82) is 0 Å². The molecular weight excluding hydrogens is 477 g/mol. The molecule has 0 amide bonds. The van der Waals surface area contributed by atoms with Crippen molar-refractivity contribution in [2.24, 2.45) is 4.99 Å². The van der Waals surface area contributed by atoms with Crippen LogP contribution in [-0.4, -0.2) is 61.1 Å². The number of carbonyl (C=O) groups excluding carboxylic acids is 1. The van der Waals surface area contributed by atoms with Gasteiger partial charge in [-0.25, -0.2) is 9.78 Å². The summed E-state index contributed by atoms with van der Waals surface area (Å²) in [5.41, 5.74) is 0.706. The summed E-state index contributed by atoms with van der Waals surface area (Å²) in [5.74, 6) is 0.445. The van der Waals surface area contributed by atoms with Crippen molar-refractivity contribution in [3.05, 3.63) is 15.6 Å². The van der Waals surface area contributed by atoms with Gasteiger partial charge in [-0.3, -0.25) is 4.99 Å². The minimum Gasteiger partial charge on any atom is -0.462 e. The van der Waals surface area contributed by atoms with Gasteiger partial charge in [-0.05, 0) is 48.6 Å². The summed E-state index contributed by atoms with van der Waals surface area (Å²) in [5, 5.41) is 7.46. The number of aliphatic imine (C=N–C) groups is 1. The molecule has 0 saturated carbocycles. The maximum Gasteiger partial charge on any atom is 0.350 e. The molecule has 1 aromatic heterocycles. The Morgan fingerprint density at radius 2 is 2.00 bits per heavy atom. The zero-order chi connectivity index (χ0) is 19.7. The Morgan fingerprint density at radius 3 is 2.56 bits per heavy atom. The van der Waals surface area contributed by atoms with Crippen LogP contribution in [0.2, 0.25) is 0 Å². The minimum absolute atomic E-state index is 0. The lowest BCUT2D eigenvalue weighted by Gasteiger charge is -2.20. The van der Waals surface area contributed by atoms with Crippen LogP contribution in [0.15, 0.2) is 4.99 Å². The number of nitrogens with one attached hydrogen (secondary N) is 2. The molecule has 2 N–H and O–H groups in total. The molecule has 1 atom stereocenters. The van der Waals surface area contributed by atoms with Crippen LogP contribution in [0.3, 0.4) is 0 Å². The molecule has 156 valence electrons. The summed E-state index contributed by atoms with van der Waals surface area (Å²) in [6.07, 6.45) is 0. The van der Waals surface area contributed by atoms with Gasteiger partial charge in [0.05, 0.1) is 24.9 Å². The van der Waals surface area contributed by atoms with Crippen molar-refractivity contribution in [3.8, 4) is 0 Å². The highest BCUT2D eigenvalue weighted by molar-refractivity contribution is 14.0. The van der Waals surface area contributed by atoms with Crippen LogP contribution in [-0.2, 0) is 4.74 Å². The third-order valence-electron chi connectivity index (χ3n) is 3.95. The van der Waals surface area contributed by atoms with Gasteiger partial charge in [0.15, 0.2) is 5.96 Å². The van der Waals surface area contributed by atoms with E-state index in [9.17, 15) is 4.79 Å². The van der Waals surface area contributed by atoms with Gasteiger partial charge in [0.2, 0.25) is 0 Å². The normalized spacial score (nSPS) is 12.7. The SMILES string of the molecule is CCNC(=NCCN(C)C(C)C)NC(C)c1nc(C)c(C(=O)OCC)s1.I. The number of thiazole rings is 1. The number of aryl methyl sites for hydroxylation is 1. The lowest BCUT2D eigenvalue weighted by molar-refractivity contribution is 0.0531. The van der Waals surface area contributed by atoms with Crippen LogP contribution in [0.4, 0.5) is 0 Å². The van der Waals surface area contributed by atoms with Gasteiger partial charge in [0, 0.05) is 19.1 Å². The maximum atomic E-state index is 12.0. The smallest absolute Gasteiger partial charge is 0.350 e. The molecule has 27 heavy (non-hydrogen) atoms. The number of halogens is 1. The Bertz CT molecular complexity index is 607. The Kier molecular flexibility index (Phi) is 12.8. The van der Waals surface area contributed by atoms with Crippen LogP contribution in [0.25, 0.3) is 0 Å². The van der Waals surface area contributed by atoms with E-state index in [0.29, 0.717) is 29.8 Å². The van der Waals surface area contributed by atoms with Crippen LogP contribution in [0, 0.1) is 6.92 Å². The number of hydrogen-bond donors (Lipinski definition) is 2. The molecule has 0 fully saturated rings. The van der Waals surface area contributed by atoms with Gasteiger partial charge in [-0.2, -0.15) is 0 Å². The van der Waals surface area contributed by atoms with Gasteiger partial charge in [0.1, 0.15) is 9.88 Å². The van der Waals surface area contributed by atoms with Crippen molar-refractivity contribution in [1.82, 2.24) is 20.5 Å². The summed E-state index contributed by atoms with van der Waals surface area (Å²) in [4.78, 5) is 24.0. The molecule has 0 aliphatic heterocycles. The number of carbonyl (C=O) groups is 1. The molecule has 1 unspecified atom stereocenters. The first-order chi connectivity index (χ1) is 12.3.